The monoisotopic (exact) mass is 590 g/mol. The first kappa shape index (κ1) is 26.4. The first-order valence-electron chi connectivity index (χ1n) is 15.5. The highest BCUT2D eigenvalue weighted by Gasteiger charge is 2.56. The summed E-state index contributed by atoms with van der Waals surface area (Å²) in [5.74, 6) is 3.58. The van der Waals surface area contributed by atoms with Crippen LogP contribution in [-0.2, 0) is 30.5 Å². The van der Waals surface area contributed by atoms with E-state index in [1.165, 1.54) is 50.7 Å². The second-order valence-corrected chi connectivity index (χ2v) is 18.7. The summed E-state index contributed by atoms with van der Waals surface area (Å²) in [5, 5.41) is 0. The number of rotatable bonds is 4. The summed E-state index contributed by atoms with van der Waals surface area (Å²) in [5.41, 5.74) is 11.1. The van der Waals surface area contributed by atoms with Gasteiger partial charge in [-0.05, 0) is 147 Å². The van der Waals surface area contributed by atoms with Gasteiger partial charge in [-0.15, -0.1) is 4.79 Å². The predicted octanol–water partition coefficient (Wildman–Crippen LogP) is 6.46. The summed E-state index contributed by atoms with van der Waals surface area (Å²) in [6.45, 7) is 0. The minimum Gasteiger partial charge on any atom is -0.359 e. The van der Waals surface area contributed by atoms with Crippen LogP contribution in [0.5, 0.6) is 0 Å². The lowest BCUT2D eigenvalue weighted by Gasteiger charge is -2.57. The van der Waals surface area contributed by atoms with Gasteiger partial charge < -0.3 is 5.53 Å². The standard InChI is InChI=1S/C33H38N2O4S2/c34-35-31(40(36,37)29-7-3-1-5-27(29)32-15-21-9-22(16-32)11-23(10-21)17-32)41(38,39)30-8-4-2-6-28(30)33-18-24-12-25(19-33)14-26(13-24)20-33/h1-8,21-26H,9-20H2. The van der Waals surface area contributed by atoms with Crippen molar-refractivity contribution in [3.8, 4) is 0 Å². The molecular formula is C33H38N2O4S2. The van der Waals surface area contributed by atoms with E-state index in [0.717, 1.165) is 38.5 Å². The smallest absolute Gasteiger partial charge is 0.359 e. The van der Waals surface area contributed by atoms with Crippen LogP contribution in [0.15, 0.2) is 58.3 Å². The van der Waals surface area contributed by atoms with Crippen LogP contribution in [-0.4, -0.2) is 26.0 Å². The molecule has 8 bridgehead atoms. The van der Waals surface area contributed by atoms with E-state index in [1.54, 1.807) is 12.1 Å². The van der Waals surface area contributed by atoms with E-state index < -0.39 is 24.1 Å². The minimum atomic E-state index is -4.64. The molecule has 8 fully saturated rings. The van der Waals surface area contributed by atoms with Gasteiger partial charge in [-0.25, -0.2) is 16.8 Å². The van der Waals surface area contributed by atoms with Crippen molar-refractivity contribution in [2.45, 2.75) is 97.7 Å². The largest absolute Gasteiger partial charge is 0.504 e. The van der Waals surface area contributed by atoms with Gasteiger partial charge in [0, 0.05) is 0 Å². The van der Waals surface area contributed by atoms with Crippen molar-refractivity contribution in [2.24, 2.45) is 35.5 Å². The molecule has 2 aromatic carbocycles. The van der Waals surface area contributed by atoms with E-state index >= 15 is 0 Å². The van der Waals surface area contributed by atoms with E-state index in [4.69, 9.17) is 0 Å². The van der Waals surface area contributed by atoms with Crippen LogP contribution >= 0.6 is 0 Å². The maximum Gasteiger partial charge on any atom is 0.504 e. The fourth-order valence-corrected chi connectivity index (χ4v) is 15.5. The second-order valence-electron chi connectivity index (χ2n) is 14.8. The van der Waals surface area contributed by atoms with Crippen LogP contribution in [0.1, 0.15) is 88.2 Å². The lowest BCUT2D eigenvalue weighted by molar-refractivity contribution is -0.00655. The molecule has 8 aliphatic carbocycles. The number of hydrogen-bond acceptors (Lipinski definition) is 4. The summed E-state index contributed by atoms with van der Waals surface area (Å²) in [6.07, 6.45) is 13.0. The fourth-order valence-electron chi connectivity index (χ4n) is 11.6. The highest BCUT2D eigenvalue weighted by molar-refractivity contribution is 8.31. The Labute approximate surface area is 243 Å². The molecule has 0 spiro atoms. The highest BCUT2D eigenvalue weighted by atomic mass is 32.3. The number of hydrogen-bond donors (Lipinski definition) is 0. The predicted molar refractivity (Wildman–Crippen MR) is 156 cm³/mol. The minimum absolute atomic E-state index is 0.00869. The van der Waals surface area contributed by atoms with Crippen LogP contribution in [0.2, 0.25) is 0 Å². The number of benzene rings is 2. The molecular weight excluding hydrogens is 553 g/mol. The van der Waals surface area contributed by atoms with Crippen molar-refractivity contribution in [2.75, 3.05) is 0 Å². The van der Waals surface area contributed by atoms with Crippen molar-refractivity contribution in [3.05, 3.63) is 65.2 Å². The quantitative estimate of drug-likeness (QED) is 0.176. The average Bonchev–Trinajstić information content (AvgIpc) is 2.92. The van der Waals surface area contributed by atoms with Crippen LogP contribution < -0.4 is 0 Å². The molecule has 0 aromatic heterocycles. The van der Waals surface area contributed by atoms with Gasteiger partial charge in [0.05, 0.1) is 9.79 Å². The van der Waals surface area contributed by atoms with Gasteiger partial charge in [0.25, 0.3) is 19.7 Å². The van der Waals surface area contributed by atoms with Crippen LogP contribution in [0.4, 0.5) is 0 Å². The molecule has 41 heavy (non-hydrogen) atoms. The van der Waals surface area contributed by atoms with E-state index in [-0.39, 0.29) is 20.6 Å². The zero-order valence-corrected chi connectivity index (χ0v) is 25.0. The van der Waals surface area contributed by atoms with Crippen molar-refractivity contribution in [3.63, 3.8) is 0 Å². The molecule has 8 saturated carbocycles. The molecule has 2 aromatic rings. The third kappa shape index (κ3) is 3.86. The summed E-state index contributed by atoms with van der Waals surface area (Å²) in [4.78, 5) is 3.08. The Kier molecular flexibility index (Phi) is 5.70. The Morgan fingerprint density at radius 2 is 0.854 bits per heavy atom. The topological polar surface area (TPSA) is 105 Å². The Morgan fingerprint density at radius 3 is 1.15 bits per heavy atom. The van der Waals surface area contributed by atoms with Crippen LogP contribution in [0.3, 0.4) is 0 Å². The molecule has 0 atom stereocenters. The third-order valence-electron chi connectivity index (χ3n) is 12.1. The van der Waals surface area contributed by atoms with E-state index in [2.05, 4.69) is 4.79 Å². The van der Waals surface area contributed by atoms with Crippen molar-refractivity contribution < 1.29 is 21.6 Å². The van der Waals surface area contributed by atoms with Gasteiger partial charge in [-0.1, -0.05) is 36.4 Å². The van der Waals surface area contributed by atoms with E-state index in [9.17, 15) is 22.4 Å². The molecule has 0 radical (unpaired) electrons. The molecule has 10 rings (SSSR count). The van der Waals surface area contributed by atoms with Gasteiger partial charge in [-0.3, -0.25) is 0 Å². The Hall–Kier alpha value is -2.28. The number of nitrogens with zero attached hydrogens (tertiary/aromatic N) is 2. The Balaban J connectivity index is 1.22. The van der Waals surface area contributed by atoms with Crippen LogP contribution in [0, 0.1) is 35.5 Å². The maximum atomic E-state index is 14.4. The molecule has 0 unspecified atom stereocenters. The lowest BCUT2D eigenvalue weighted by atomic mass is 9.48. The molecule has 0 saturated heterocycles. The van der Waals surface area contributed by atoms with E-state index in [0.29, 0.717) is 46.6 Å². The van der Waals surface area contributed by atoms with Gasteiger partial charge in [0.15, 0.2) is 0 Å². The molecule has 6 nitrogen and oxygen atoms in total. The maximum absolute atomic E-state index is 14.4. The van der Waals surface area contributed by atoms with Gasteiger partial charge in [0.1, 0.15) is 0 Å². The molecule has 8 heteroatoms. The first-order valence-corrected chi connectivity index (χ1v) is 18.5. The zero-order chi connectivity index (χ0) is 28.2. The third-order valence-corrected chi connectivity index (χ3v) is 16.4. The molecule has 0 heterocycles. The first-order chi connectivity index (χ1) is 19.6. The van der Waals surface area contributed by atoms with Crippen LogP contribution in [0.25, 0.3) is 5.53 Å². The fraction of sp³-hybridized carbons (Fsp3) is 0.606. The van der Waals surface area contributed by atoms with Gasteiger partial charge in [0.2, 0.25) is 0 Å². The Morgan fingerprint density at radius 1 is 0.561 bits per heavy atom. The summed E-state index contributed by atoms with van der Waals surface area (Å²) < 4.78 is 56.4. The summed E-state index contributed by atoms with van der Waals surface area (Å²) in [7, 11) is -9.28. The van der Waals surface area contributed by atoms with Gasteiger partial charge >= 0.3 is 4.38 Å². The second kappa shape index (κ2) is 8.87. The molecule has 0 amide bonds. The Bertz CT molecular complexity index is 1510. The zero-order valence-electron chi connectivity index (χ0n) is 23.4. The van der Waals surface area contributed by atoms with E-state index in [1.807, 2.05) is 24.3 Å². The molecule has 0 aliphatic heterocycles. The van der Waals surface area contributed by atoms with Crippen molar-refractivity contribution in [1.82, 2.24) is 0 Å². The molecule has 8 aliphatic rings. The average molecular weight is 591 g/mol. The molecule has 216 valence electrons. The van der Waals surface area contributed by atoms with Crippen molar-refractivity contribution >= 4 is 24.1 Å². The molecule has 0 N–H and O–H groups in total. The number of sulfone groups is 2. The lowest BCUT2D eigenvalue weighted by Crippen LogP contribution is -2.49. The summed E-state index contributed by atoms with van der Waals surface area (Å²) >= 11 is 0. The summed E-state index contributed by atoms with van der Waals surface area (Å²) in [6, 6.07) is 13.8. The van der Waals surface area contributed by atoms with Crippen molar-refractivity contribution in [1.29, 1.82) is 0 Å². The highest BCUT2D eigenvalue weighted by Crippen LogP contribution is 2.63. The van der Waals surface area contributed by atoms with Gasteiger partial charge in [-0.2, -0.15) is 0 Å². The SMILES string of the molecule is [N-]=[N+]=C(S(=O)(=O)c1ccccc1C12CC3CC(CC(C3)C1)C2)S(=O)(=O)c1ccccc1C12CC3CC(CC(C3)C1)C2. The normalized spacial score (nSPS) is 38.6.